The number of rotatable bonds is 4. The molecule has 1 aromatic carbocycles. The van der Waals surface area contributed by atoms with Crippen LogP contribution in [0.25, 0.3) is 0 Å². The van der Waals surface area contributed by atoms with Crippen molar-refractivity contribution in [2.24, 2.45) is 16.5 Å². The van der Waals surface area contributed by atoms with Gasteiger partial charge in [0.05, 0.1) is 20.6 Å². The quantitative estimate of drug-likeness (QED) is 0.749. The van der Waals surface area contributed by atoms with E-state index in [0.29, 0.717) is 15.9 Å². The monoisotopic (exact) mass is 440 g/mol. The second kappa shape index (κ2) is 8.97. The summed E-state index contributed by atoms with van der Waals surface area (Å²) < 4.78 is 0. The molecule has 0 aliphatic carbocycles. The summed E-state index contributed by atoms with van der Waals surface area (Å²) in [6.45, 7) is 10.8. The fourth-order valence-corrected chi connectivity index (χ4v) is 4.70. The Bertz CT molecular complexity index is 815. The molecule has 2 aliphatic rings. The summed E-state index contributed by atoms with van der Waals surface area (Å²) in [5.41, 5.74) is 13.0. The van der Waals surface area contributed by atoms with Gasteiger partial charge in [0.25, 0.3) is 0 Å². The maximum absolute atomic E-state index is 6.33. The molecule has 1 unspecified atom stereocenters. The Morgan fingerprint density at radius 3 is 2.57 bits per heavy atom. The topological polar surface area (TPSA) is 74.1 Å². The van der Waals surface area contributed by atoms with Crippen molar-refractivity contribution in [2.75, 3.05) is 39.8 Å². The molecule has 1 fully saturated rings. The Morgan fingerprint density at radius 1 is 1.25 bits per heavy atom. The average molecular weight is 441 g/mol. The van der Waals surface area contributed by atoms with Gasteiger partial charge in [-0.1, -0.05) is 47.6 Å². The SMILES string of the molecule is C=C1C(Sc2cccc(Cl)c2Cl)=C(N)N=C(N2CCN(CC(C)N)CC2)N1C. The number of hydrogen-bond donors (Lipinski definition) is 2. The minimum atomic E-state index is 0.178. The second-order valence-corrected chi connectivity index (χ2v) is 8.89. The van der Waals surface area contributed by atoms with E-state index < -0.39 is 0 Å². The zero-order chi connectivity index (χ0) is 20.4. The summed E-state index contributed by atoms with van der Waals surface area (Å²) in [6.07, 6.45) is 0. The van der Waals surface area contributed by atoms with Gasteiger partial charge in [-0.15, -0.1) is 0 Å². The van der Waals surface area contributed by atoms with Crippen LogP contribution in [0.4, 0.5) is 0 Å². The van der Waals surface area contributed by atoms with Crippen molar-refractivity contribution in [1.29, 1.82) is 0 Å². The molecule has 0 aromatic heterocycles. The Labute approximate surface area is 180 Å². The summed E-state index contributed by atoms with van der Waals surface area (Å²) >= 11 is 13.9. The van der Waals surface area contributed by atoms with E-state index in [1.807, 2.05) is 31.0 Å². The molecule has 4 N–H and O–H groups in total. The van der Waals surface area contributed by atoms with Crippen LogP contribution in [-0.2, 0) is 0 Å². The number of halogens is 2. The first-order chi connectivity index (χ1) is 13.3. The van der Waals surface area contributed by atoms with Crippen molar-refractivity contribution in [2.45, 2.75) is 17.9 Å². The smallest absolute Gasteiger partial charge is 0.207 e. The average Bonchev–Trinajstić information content (AvgIpc) is 2.65. The summed E-state index contributed by atoms with van der Waals surface area (Å²) in [6, 6.07) is 5.70. The molecule has 0 saturated carbocycles. The van der Waals surface area contributed by atoms with Crippen LogP contribution in [0.15, 0.2) is 51.1 Å². The molecule has 0 bridgehead atoms. The molecule has 9 heteroatoms. The maximum Gasteiger partial charge on any atom is 0.207 e. The van der Waals surface area contributed by atoms with Gasteiger partial charge in [0, 0.05) is 50.7 Å². The lowest BCUT2D eigenvalue weighted by Gasteiger charge is -2.41. The molecule has 2 aliphatic heterocycles. The van der Waals surface area contributed by atoms with Gasteiger partial charge >= 0.3 is 0 Å². The lowest BCUT2D eigenvalue weighted by atomic mass is 10.2. The Balaban J connectivity index is 1.78. The van der Waals surface area contributed by atoms with Crippen molar-refractivity contribution in [3.05, 3.63) is 51.2 Å². The van der Waals surface area contributed by atoms with Crippen molar-refractivity contribution in [3.8, 4) is 0 Å². The number of benzene rings is 1. The second-order valence-electron chi connectivity index (χ2n) is 7.05. The minimum absolute atomic E-state index is 0.178. The van der Waals surface area contributed by atoms with E-state index in [9.17, 15) is 0 Å². The highest BCUT2D eigenvalue weighted by atomic mass is 35.5. The van der Waals surface area contributed by atoms with E-state index in [1.54, 1.807) is 6.07 Å². The summed E-state index contributed by atoms with van der Waals surface area (Å²) in [4.78, 5) is 12.9. The minimum Gasteiger partial charge on any atom is -0.383 e. The fraction of sp³-hybridized carbons (Fsp3) is 0.421. The molecule has 1 saturated heterocycles. The number of guanidine groups is 1. The van der Waals surface area contributed by atoms with E-state index in [4.69, 9.17) is 34.7 Å². The lowest BCUT2D eigenvalue weighted by Crippen LogP contribution is -2.54. The predicted molar refractivity (Wildman–Crippen MR) is 120 cm³/mol. The number of nitrogens with two attached hydrogens (primary N) is 2. The largest absolute Gasteiger partial charge is 0.383 e. The van der Waals surface area contributed by atoms with E-state index in [1.165, 1.54) is 11.8 Å². The molecule has 152 valence electrons. The normalized spacial score (nSPS) is 19.9. The zero-order valence-electron chi connectivity index (χ0n) is 16.2. The van der Waals surface area contributed by atoms with Gasteiger partial charge in [0.1, 0.15) is 5.82 Å². The van der Waals surface area contributed by atoms with Gasteiger partial charge in [0.2, 0.25) is 5.96 Å². The molecule has 6 nitrogen and oxygen atoms in total. The van der Waals surface area contributed by atoms with Crippen LogP contribution in [0, 0.1) is 0 Å². The number of hydrogen-bond acceptors (Lipinski definition) is 7. The van der Waals surface area contributed by atoms with Gasteiger partial charge in [-0.3, -0.25) is 4.90 Å². The van der Waals surface area contributed by atoms with Gasteiger partial charge in [0.15, 0.2) is 0 Å². The van der Waals surface area contributed by atoms with Crippen LogP contribution in [0.2, 0.25) is 10.0 Å². The number of piperazine rings is 1. The number of likely N-dealkylation sites (N-methyl/N-ethyl adjacent to an activating group) is 1. The van der Waals surface area contributed by atoms with Crippen molar-refractivity contribution in [1.82, 2.24) is 14.7 Å². The Kier molecular flexibility index (Phi) is 6.83. The van der Waals surface area contributed by atoms with E-state index in [2.05, 4.69) is 21.4 Å². The summed E-state index contributed by atoms with van der Waals surface area (Å²) in [5, 5.41) is 1.01. The fourth-order valence-electron chi connectivity index (χ4n) is 3.26. The summed E-state index contributed by atoms with van der Waals surface area (Å²) in [5.74, 6) is 1.27. The van der Waals surface area contributed by atoms with E-state index >= 15 is 0 Å². The molecular formula is C19H26Cl2N6S. The first-order valence-corrected chi connectivity index (χ1v) is 10.7. The van der Waals surface area contributed by atoms with Gasteiger partial charge in [-0.05, 0) is 19.1 Å². The molecule has 1 atom stereocenters. The highest BCUT2D eigenvalue weighted by molar-refractivity contribution is 8.03. The predicted octanol–water partition coefficient (Wildman–Crippen LogP) is 2.99. The third-order valence-electron chi connectivity index (χ3n) is 4.75. The highest BCUT2D eigenvalue weighted by Crippen LogP contribution is 2.41. The Morgan fingerprint density at radius 2 is 1.93 bits per heavy atom. The first-order valence-electron chi connectivity index (χ1n) is 9.14. The van der Waals surface area contributed by atoms with Gasteiger partial charge in [-0.2, -0.15) is 4.99 Å². The third kappa shape index (κ3) is 4.60. The van der Waals surface area contributed by atoms with Crippen LogP contribution < -0.4 is 11.5 Å². The lowest BCUT2D eigenvalue weighted by molar-refractivity contribution is 0.168. The number of aliphatic imine (C=N–C) groups is 1. The van der Waals surface area contributed by atoms with Gasteiger partial charge < -0.3 is 21.3 Å². The standard InChI is InChI=1S/C19H26Cl2N6S/c1-12(22)11-26-7-9-27(10-8-26)19-24-18(23)17(13(2)25(19)3)28-15-6-4-5-14(20)16(15)21/h4-6,12H,2,7-11,22-23H2,1,3H3. The maximum atomic E-state index is 6.33. The van der Waals surface area contributed by atoms with Crippen LogP contribution in [0.1, 0.15) is 6.92 Å². The molecule has 0 spiro atoms. The molecule has 2 heterocycles. The van der Waals surface area contributed by atoms with Crippen molar-refractivity contribution in [3.63, 3.8) is 0 Å². The summed E-state index contributed by atoms with van der Waals surface area (Å²) in [7, 11) is 1.96. The van der Waals surface area contributed by atoms with Crippen LogP contribution in [0.5, 0.6) is 0 Å². The number of nitrogens with zero attached hydrogens (tertiary/aromatic N) is 4. The highest BCUT2D eigenvalue weighted by Gasteiger charge is 2.29. The number of thioether (sulfide) groups is 1. The van der Waals surface area contributed by atoms with E-state index in [-0.39, 0.29) is 6.04 Å². The molecule has 0 amide bonds. The molecule has 28 heavy (non-hydrogen) atoms. The van der Waals surface area contributed by atoms with Gasteiger partial charge in [-0.25, -0.2) is 0 Å². The van der Waals surface area contributed by atoms with Crippen LogP contribution in [0.3, 0.4) is 0 Å². The van der Waals surface area contributed by atoms with E-state index in [0.717, 1.165) is 54.2 Å². The molecule has 3 rings (SSSR count). The Hall–Kier alpha value is -1.38. The first kappa shape index (κ1) is 21.3. The molecule has 0 radical (unpaired) electrons. The van der Waals surface area contributed by atoms with Crippen LogP contribution in [-0.4, -0.2) is 66.5 Å². The van der Waals surface area contributed by atoms with Crippen LogP contribution >= 0.6 is 35.0 Å². The third-order valence-corrected chi connectivity index (χ3v) is 6.89. The van der Waals surface area contributed by atoms with Crippen molar-refractivity contribution >= 4 is 40.9 Å². The molecule has 1 aromatic rings. The zero-order valence-corrected chi connectivity index (χ0v) is 18.5. The van der Waals surface area contributed by atoms with Crippen molar-refractivity contribution < 1.29 is 0 Å². The molecular weight excluding hydrogens is 415 g/mol.